The average molecular weight is 341 g/mol. The van der Waals surface area contributed by atoms with E-state index < -0.39 is 10.8 Å². The SMILES string of the molecule is Nc1ccc(=O)n(CCS(=O)c2cccc(Br)c2)c1. The van der Waals surface area contributed by atoms with E-state index in [0.29, 0.717) is 18.0 Å². The highest BCUT2D eigenvalue weighted by atomic mass is 79.9. The van der Waals surface area contributed by atoms with Gasteiger partial charge in [0.1, 0.15) is 0 Å². The summed E-state index contributed by atoms with van der Waals surface area (Å²) in [5.41, 5.74) is 6.01. The Hall–Kier alpha value is -1.40. The van der Waals surface area contributed by atoms with Crippen LogP contribution in [0.3, 0.4) is 0 Å². The normalized spacial score (nSPS) is 12.3. The number of aromatic nitrogens is 1. The van der Waals surface area contributed by atoms with Crippen LogP contribution in [0.5, 0.6) is 0 Å². The van der Waals surface area contributed by atoms with E-state index in [-0.39, 0.29) is 5.56 Å². The fourth-order valence-corrected chi connectivity index (χ4v) is 3.27. The van der Waals surface area contributed by atoms with Crippen molar-refractivity contribution < 1.29 is 4.21 Å². The van der Waals surface area contributed by atoms with Crippen LogP contribution in [-0.2, 0) is 17.3 Å². The molecule has 0 fully saturated rings. The summed E-state index contributed by atoms with van der Waals surface area (Å²) in [5.74, 6) is 0.375. The fourth-order valence-electron chi connectivity index (χ4n) is 1.63. The lowest BCUT2D eigenvalue weighted by Crippen LogP contribution is -2.21. The van der Waals surface area contributed by atoms with Gasteiger partial charge in [0.25, 0.3) is 5.56 Å². The first-order chi connectivity index (χ1) is 9.06. The highest BCUT2D eigenvalue weighted by Gasteiger charge is 2.05. The molecule has 0 aliphatic heterocycles. The third-order valence-electron chi connectivity index (χ3n) is 2.58. The standard InChI is InChI=1S/C13H13BrN2O2S/c14-10-2-1-3-12(8-10)19(18)7-6-16-9-11(15)4-5-13(16)17/h1-5,8-9H,6-7,15H2. The molecule has 0 saturated carbocycles. The number of hydrogen-bond donors (Lipinski definition) is 1. The van der Waals surface area contributed by atoms with Crippen molar-refractivity contribution in [3.63, 3.8) is 0 Å². The van der Waals surface area contributed by atoms with E-state index >= 15 is 0 Å². The zero-order valence-corrected chi connectivity index (χ0v) is 12.5. The van der Waals surface area contributed by atoms with Crippen molar-refractivity contribution in [3.8, 4) is 0 Å². The number of rotatable bonds is 4. The Bertz CT molecular complexity index is 670. The number of hydrogen-bond acceptors (Lipinski definition) is 3. The van der Waals surface area contributed by atoms with E-state index in [1.165, 1.54) is 10.6 Å². The van der Waals surface area contributed by atoms with Gasteiger partial charge in [-0.05, 0) is 24.3 Å². The molecule has 2 aromatic rings. The van der Waals surface area contributed by atoms with Gasteiger partial charge in [0.05, 0.1) is 10.8 Å². The molecule has 19 heavy (non-hydrogen) atoms. The van der Waals surface area contributed by atoms with Crippen LogP contribution in [0.4, 0.5) is 5.69 Å². The monoisotopic (exact) mass is 340 g/mol. The third kappa shape index (κ3) is 3.78. The first-order valence-electron chi connectivity index (χ1n) is 5.66. The predicted octanol–water partition coefficient (Wildman–Crippen LogP) is 2.00. The van der Waals surface area contributed by atoms with Crippen LogP contribution in [-0.4, -0.2) is 14.5 Å². The summed E-state index contributed by atoms with van der Waals surface area (Å²) < 4.78 is 14.5. The maximum atomic E-state index is 12.1. The number of anilines is 1. The van der Waals surface area contributed by atoms with E-state index in [0.717, 1.165) is 9.37 Å². The lowest BCUT2D eigenvalue weighted by molar-refractivity contribution is 0.669. The van der Waals surface area contributed by atoms with E-state index in [9.17, 15) is 9.00 Å². The molecule has 1 unspecified atom stereocenters. The molecule has 1 aromatic heterocycles. The van der Waals surface area contributed by atoms with E-state index in [4.69, 9.17) is 5.73 Å². The summed E-state index contributed by atoms with van der Waals surface area (Å²) in [6.45, 7) is 0.378. The Morgan fingerprint density at radius 2 is 2.05 bits per heavy atom. The van der Waals surface area contributed by atoms with E-state index in [1.807, 2.05) is 24.3 Å². The van der Waals surface area contributed by atoms with Crippen LogP contribution in [0.15, 0.2) is 56.8 Å². The number of aryl methyl sites for hydroxylation is 1. The third-order valence-corrected chi connectivity index (χ3v) is 4.41. The highest BCUT2D eigenvalue weighted by Crippen LogP contribution is 2.15. The van der Waals surface area contributed by atoms with Gasteiger partial charge in [0.2, 0.25) is 0 Å². The van der Waals surface area contributed by atoms with Gasteiger partial charge in [-0.1, -0.05) is 22.0 Å². The molecule has 6 heteroatoms. The molecule has 4 nitrogen and oxygen atoms in total. The topological polar surface area (TPSA) is 65.1 Å². The molecule has 2 N–H and O–H groups in total. The highest BCUT2D eigenvalue weighted by molar-refractivity contribution is 9.10. The minimum Gasteiger partial charge on any atom is -0.398 e. The van der Waals surface area contributed by atoms with Gasteiger partial charge < -0.3 is 10.3 Å². The van der Waals surface area contributed by atoms with Crippen LogP contribution in [0.25, 0.3) is 0 Å². The lowest BCUT2D eigenvalue weighted by atomic mass is 10.4. The first kappa shape index (κ1) is 14.0. The molecule has 0 bridgehead atoms. The predicted molar refractivity (Wildman–Crippen MR) is 80.5 cm³/mol. The van der Waals surface area contributed by atoms with Crippen LogP contribution >= 0.6 is 15.9 Å². The van der Waals surface area contributed by atoms with E-state index in [2.05, 4.69) is 15.9 Å². The summed E-state index contributed by atoms with van der Waals surface area (Å²) in [4.78, 5) is 12.3. The Morgan fingerprint density at radius 1 is 1.26 bits per heavy atom. The second-order valence-electron chi connectivity index (χ2n) is 4.00. The second kappa shape index (κ2) is 6.16. The van der Waals surface area contributed by atoms with Crippen molar-refractivity contribution in [1.29, 1.82) is 0 Å². The number of nitrogens with zero attached hydrogens (tertiary/aromatic N) is 1. The minimum absolute atomic E-state index is 0.138. The van der Waals surface area contributed by atoms with Crippen molar-refractivity contribution in [3.05, 3.63) is 57.4 Å². The van der Waals surface area contributed by atoms with Gasteiger partial charge in [0, 0.05) is 39.6 Å². The summed E-state index contributed by atoms with van der Waals surface area (Å²) in [7, 11) is -1.14. The van der Waals surface area contributed by atoms with Gasteiger partial charge in [-0.15, -0.1) is 0 Å². The van der Waals surface area contributed by atoms with Gasteiger partial charge in [-0.2, -0.15) is 0 Å². The number of nitrogen functional groups attached to an aromatic ring is 1. The van der Waals surface area contributed by atoms with Crippen molar-refractivity contribution in [1.82, 2.24) is 4.57 Å². The molecular weight excluding hydrogens is 328 g/mol. The van der Waals surface area contributed by atoms with Gasteiger partial charge >= 0.3 is 0 Å². The molecule has 1 heterocycles. The summed E-state index contributed by atoms with van der Waals surface area (Å²) in [5, 5.41) is 0. The van der Waals surface area contributed by atoms with Crippen molar-refractivity contribution in [2.75, 3.05) is 11.5 Å². The van der Waals surface area contributed by atoms with Crippen molar-refractivity contribution >= 4 is 32.4 Å². The Labute approximate surface area is 121 Å². The molecule has 1 atom stereocenters. The minimum atomic E-state index is -1.14. The Morgan fingerprint density at radius 3 is 2.79 bits per heavy atom. The molecule has 1 aromatic carbocycles. The van der Waals surface area contributed by atoms with Crippen LogP contribution in [0, 0.1) is 0 Å². The number of benzene rings is 1. The molecule has 2 rings (SSSR count). The number of nitrogens with two attached hydrogens (primary N) is 1. The molecule has 0 radical (unpaired) electrons. The smallest absolute Gasteiger partial charge is 0.250 e. The maximum Gasteiger partial charge on any atom is 0.250 e. The van der Waals surface area contributed by atoms with E-state index in [1.54, 1.807) is 12.3 Å². The lowest BCUT2D eigenvalue weighted by Gasteiger charge is -2.06. The van der Waals surface area contributed by atoms with Crippen molar-refractivity contribution in [2.24, 2.45) is 0 Å². The van der Waals surface area contributed by atoms with Gasteiger partial charge in [-0.3, -0.25) is 9.00 Å². The van der Waals surface area contributed by atoms with Crippen LogP contribution in [0.2, 0.25) is 0 Å². The maximum absolute atomic E-state index is 12.1. The molecule has 0 aliphatic rings. The summed E-state index contributed by atoms with van der Waals surface area (Å²) in [6, 6.07) is 10.3. The molecule has 0 spiro atoms. The molecule has 0 amide bonds. The quantitative estimate of drug-likeness (QED) is 0.925. The van der Waals surface area contributed by atoms with Crippen LogP contribution in [0.1, 0.15) is 0 Å². The fraction of sp³-hybridized carbons (Fsp3) is 0.154. The van der Waals surface area contributed by atoms with Crippen molar-refractivity contribution in [2.45, 2.75) is 11.4 Å². The number of halogens is 1. The molecule has 0 aliphatic carbocycles. The zero-order valence-electron chi connectivity index (χ0n) is 10.1. The van der Waals surface area contributed by atoms with Gasteiger partial charge in [-0.25, -0.2) is 0 Å². The van der Waals surface area contributed by atoms with Gasteiger partial charge in [0.15, 0.2) is 0 Å². The second-order valence-corrected chi connectivity index (χ2v) is 6.49. The largest absolute Gasteiger partial charge is 0.398 e. The number of pyridine rings is 1. The summed E-state index contributed by atoms with van der Waals surface area (Å²) >= 11 is 3.34. The first-order valence-corrected chi connectivity index (χ1v) is 7.77. The Kier molecular flexibility index (Phi) is 4.55. The Balaban J connectivity index is 2.08. The van der Waals surface area contributed by atoms with Crippen LogP contribution < -0.4 is 11.3 Å². The average Bonchev–Trinajstić information content (AvgIpc) is 2.39. The zero-order chi connectivity index (χ0) is 13.8. The molecular formula is C13H13BrN2O2S. The molecule has 100 valence electrons. The molecule has 0 saturated heterocycles. The summed E-state index contributed by atoms with van der Waals surface area (Å²) in [6.07, 6.45) is 1.57.